The van der Waals surface area contributed by atoms with E-state index < -0.39 is 5.97 Å². The Bertz CT molecular complexity index is 450. The van der Waals surface area contributed by atoms with E-state index in [-0.39, 0.29) is 12.0 Å². The summed E-state index contributed by atoms with van der Waals surface area (Å²) in [5.74, 6) is -0.783. The van der Waals surface area contributed by atoms with Gasteiger partial charge in [0.05, 0.1) is 16.6 Å². The molecule has 1 aromatic rings. The van der Waals surface area contributed by atoms with Crippen molar-refractivity contribution < 1.29 is 9.90 Å². The molecule has 1 saturated carbocycles. The van der Waals surface area contributed by atoms with Crippen LogP contribution in [0.2, 0.25) is 0 Å². The lowest BCUT2D eigenvalue weighted by molar-refractivity contribution is -0.142. The molecule has 4 nitrogen and oxygen atoms in total. The SMILES string of the molecule is Cc1nc(C(C)NC2CCC(C(=O)O)CC2)c(C)s1. The van der Waals surface area contributed by atoms with Crippen molar-refractivity contribution in [2.24, 2.45) is 5.92 Å². The monoisotopic (exact) mass is 282 g/mol. The molecule has 5 heteroatoms. The average molecular weight is 282 g/mol. The lowest BCUT2D eigenvalue weighted by Gasteiger charge is -2.29. The normalized spacial score (nSPS) is 25.2. The molecule has 0 amide bonds. The van der Waals surface area contributed by atoms with Crippen molar-refractivity contribution in [1.82, 2.24) is 10.3 Å². The number of nitrogens with zero attached hydrogens (tertiary/aromatic N) is 1. The first-order chi connectivity index (χ1) is 8.97. The molecule has 0 radical (unpaired) electrons. The molecule has 0 saturated heterocycles. The summed E-state index contributed by atoms with van der Waals surface area (Å²) < 4.78 is 0. The highest BCUT2D eigenvalue weighted by atomic mass is 32.1. The van der Waals surface area contributed by atoms with Gasteiger partial charge in [-0.1, -0.05) is 0 Å². The molecule has 1 aromatic heterocycles. The van der Waals surface area contributed by atoms with Crippen molar-refractivity contribution in [3.05, 3.63) is 15.6 Å². The van der Waals surface area contributed by atoms with Crippen LogP contribution in [-0.4, -0.2) is 22.1 Å². The zero-order chi connectivity index (χ0) is 14.0. The predicted octanol–water partition coefficient (Wildman–Crippen LogP) is 3.05. The van der Waals surface area contributed by atoms with Gasteiger partial charge in [-0.25, -0.2) is 4.98 Å². The summed E-state index contributed by atoms with van der Waals surface area (Å²) in [6.07, 6.45) is 3.47. The van der Waals surface area contributed by atoms with Crippen molar-refractivity contribution >= 4 is 17.3 Å². The van der Waals surface area contributed by atoms with Crippen LogP contribution in [0.4, 0.5) is 0 Å². The lowest BCUT2D eigenvalue weighted by Crippen LogP contribution is -2.36. The van der Waals surface area contributed by atoms with Crippen molar-refractivity contribution in [2.75, 3.05) is 0 Å². The third kappa shape index (κ3) is 3.54. The van der Waals surface area contributed by atoms with E-state index in [0.29, 0.717) is 6.04 Å². The Kier molecular flexibility index (Phi) is 4.58. The molecule has 1 aliphatic carbocycles. The molecule has 2 N–H and O–H groups in total. The molecule has 0 bridgehead atoms. The topological polar surface area (TPSA) is 62.2 Å². The highest BCUT2D eigenvalue weighted by Crippen LogP contribution is 2.28. The van der Waals surface area contributed by atoms with Crippen LogP contribution in [0.3, 0.4) is 0 Å². The van der Waals surface area contributed by atoms with Crippen LogP contribution in [0.1, 0.15) is 54.2 Å². The van der Waals surface area contributed by atoms with Gasteiger partial charge in [0.25, 0.3) is 0 Å². The number of nitrogens with one attached hydrogen (secondary N) is 1. The van der Waals surface area contributed by atoms with Gasteiger partial charge in [0.2, 0.25) is 0 Å². The van der Waals surface area contributed by atoms with Crippen LogP contribution in [0, 0.1) is 19.8 Å². The van der Waals surface area contributed by atoms with Crippen molar-refractivity contribution in [1.29, 1.82) is 0 Å². The van der Waals surface area contributed by atoms with Crippen LogP contribution in [0.15, 0.2) is 0 Å². The first-order valence-electron chi connectivity index (χ1n) is 6.90. The number of rotatable bonds is 4. The second kappa shape index (κ2) is 6.01. The van der Waals surface area contributed by atoms with E-state index in [2.05, 4.69) is 24.1 Å². The van der Waals surface area contributed by atoms with Crippen molar-refractivity contribution in [2.45, 2.75) is 58.5 Å². The van der Waals surface area contributed by atoms with E-state index >= 15 is 0 Å². The van der Waals surface area contributed by atoms with Crippen LogP contribution >= 0.6 is 11.3 Å². The molecule has 19 heavy (non-hydrogen) atoms. The smallest absolute Gasteiger partial charge is 0.306 e. The van der Waals surface area contributed by atoms with E-state index in [9.17, 15) is 4.79 Å². The number of hydrogen-bond acceptors (Lipinski definition) is 4. The molecule has 1 aliphatic rings. The molecular formula is C14H22N2O2S. The summed E-state index contributed by atoms with van der Waals surface area (Å²) in [6.45, 7) is 6.29. The summed E-state index contributed by atoms with van der Waals surface area (Å²) in [5.41, 5.74) is 1.14. The quantitative estimate of drug-likeness (QED) is 0.891. The molecule has 1 heterocycles. The van der Waals surface area contributed by atoms with Gasteiger partial charge in [-0.2, -0.15) is 0 Å². The Morgan fingerprint density at radius 2 is 2.00 bits per heavy atom. The highest BCUT2D eigenvalue weighted by Gasteiger charge is 2.27. The Labute approximate surface area is 118 Å². The number of thiazole rings is 1. The molecule has 2 rings (SSSR count). The number of aryl methyl sites for hydroxylation is 2. The summed E-state index contributed by atoms with van der Waals surface area (Å²) in [7, 11) is 0. The van der Waals surface area contributed by atoms with Crippen LogP contribution in [-0.2, 0) is 4.79 Å². The predicted molar refractivity (Wildman–Crippen MR) is 76.5 cm³/mol. The second-order valence-corrected chi connectivity index (χ2v) is 6.86. The minimum Gasteiger partial charge on any atom is -0.481 e. The number of carbonyl (C=O) groups is 1. The third-order valence-corrected chi connectivity index (χ3v) is 4.81. The van der Waals surface area contributed by atoms with E-state index in [4.69, 9.17) is 5.11 Å². The van der Waals surface area contributed by atoms with Crippen LogP contribution in [0.5, 0.6) is 0 Å². The van der Waals surface area contributed by atoms with Gasteiger partial charge in [0, 0.05) is 17.0 Å². The summed E-state index contributed by atoms with van der Waals surface area (Å²) in [5, 5.41) is 13.7. The first-order valence-corrected chi connectivity index (χ1v) is 7.71. The number of carboxylic acid groups (broad SMARTS) is 1. The zero-order valence-electron chi connectivity index (χ0n) is 11.8. The third-order valence-electron chi connectivity index (χ3n) is 3.91. The summed E-state index contributed by atoms with van der Waals surface area (Å²) in [4.78, 5) is 16.8. The fourth-order valence-electron chi connectivity index (χ4n) is 2.89. The molecule has 0 aliphatic heterocycles. The van der Waals surface area contributed by atoms with Gasteiger partial charge < -0.3 is 10.4 Å². The van der Waals surface area contributed by atoms with Crippen molar-refractivity contribution in [3.8, 4) is 0 Å². The highest BCUT2D eigenvalue weighted by molar-refractivity contribution is 7.11. The summed E-state index contributed by atoms with van der Waals surface area (Å²) in [6, 6.07) is 0.670. The van der Waals surface area contributed by atoms with Crippen LogP contribution < -0.4 is 5.32 Å². The zero-order valence-corrected chi connectivity index (χ0v) is 12.6. The molecule has 1 fully saturated rings. The van der Waals surface area contributed by atoms with E-state index in [0.717, 1.165) is 36.4 Å². The lowest BCUT2D eigenvalue weighted by atomic mass is 9.86. The number of aromatic nitrogens is 1. The standard InChI is InChI=1S/C14H22N2O2S/c1-8(13-9(2)19-10(3)16-13)15-12-6-4-11(5-7-12)14(17)18/h8,11-12,15H,4-7H2,1-3H3,(H,17,18). The van der Waals surface area contributed by atoms with Gasteiger partial charge in [-0.15, -0.1) is 11.3 Å². The molecule has 1 unspecified atom stereocenters. The van der Waals surface area contributed by atoms with Crippen molar-refractivity contribution in [3.63, 3.8) is 0 Å². The van der Waals surface area contributed by atoms with Gasteiger partial charge in [0.1, 0.15) is 0 Å². The first kappa shape index (κ1) is 14.5. The van der Waals surface area contributed by atoms with Gasteiger partial charge in [-0.05, 0) is 46.5 Å². The van der Waals surface area contributed by atoms with E-state index in [1.807, 2.05) is 6.92 Å². The maximum atomic E-state index is 10.9. The molecule has 106 valence electrons. The number of hydrogen-bond donors (Lipinski definition) is 2. The average Bonchev–Trinajstić information content (AvgIpc) is 2.69. The molecule has 0 aromatic carbocycles. The minimum atomic E-state index is -0.641. The Morgan fingerprint density at radius 1 is 1.37 bits per heavy atom. The minimum absolute atomic E-state index is 0.142. The fourth-order valence-corrected chi connectivity index (χ4v) is 3.80. The van der Waals surface area contributed by atoms with E-state index in [1.165, 1.54) is 4.88 Å². The maximum Gasteiger partial charge on any atom is 0.306 e. The fraction of sp³-hybridized carbons (Fsp3) is 0.714. The summed E-state index contributed by atoms with van der Waals surface area (Å²) >= 11 is 1.74. The number of aliphatic carboxylic acids is 1. The van der Waals surface area contributed by atoms with Gasteiger partial charge in [0.15, 0.2) is 0 Å². The Morgan fingerprint density at radius 3 is 2.47 bits per heavy atom. The Balaban J connectivity index is 1.89. The second-order valence-electron chi connectivity index (χ2n) is 5.45. The molecular weight excluding hydrogens is 260 g/mol. The molecule has 1 atom stereocenters. The number of carboxylic acids is 1. The molecule has 0 spiro atoms. The van der Waals surface area contributed by atoms with Crippen LogP contribution in [0.25, 0.3) is 0 Å². The van der Waals surface area contributed by atoms with Gasteiger partial charge >= 0.3 is 5.97 Å². The van der Waals surface area contributed by atoms with Gasteiger partial charge in [-0.3, -0.25) is 4.79 Å². The maximum absolute atomic E-state index is 10.9. The van der Waals surface area contributed by atoms with E-state index in [1.54, 1.807) is 11.3 Å². The Hall–Kier alpha value is -0.940. The largest absolute Gasteiger partial charge is 0.481 e.